The predicted octanol–water partition coefficient (Wildman–Crippen LogP) is 3.51. The van der Waals surface area contributed by atoms with Crippen molar-refractivity contribution >= 4 is 0 Å². The van der Waals surface area contributed by atoms with Gasteiger partial charge in [-0.15, -0.1) is 0 Å². The molecule has 1 aromatic heterocycles. The smallest absolute Gasteiger partial charge is 0.194 e. The van der Waals surface area contributed by atoms with Gasteiger partial charge in [-0.3, -0.25) is 4.68 Å². The number of nitrogens with two attached hydrogens (primary N) is 1. The van der Waals surface area contributed by atoms with Gasteiger partial charge >= 0.3 is 0 Å². The summed E-state index contributed by atoms with van der Waals surface area (Å²) in [6.45, 7) is 4.08. The van der Waals surface area contributed by atoms with Crippen molar-refractivity contribution in [1.82, 2.24) is 9.78 Å². The summed E-state index contributed by atoms with van der Waals surface area (Å²) in [7, 11) is 0. The van der Waals surface area contributed by atoms with Crippen molar-refractivity contribution in [2.45, 2.75) is 38.8 Å². The van der Waals surface area contributed by atoms with Crippen molar-refractivity contribution in [3.8, 4) is 0 Å². The van der Waals surface area contributed by atoms with Gasteiger partial charge in [0.05, 0.1) is 5.69 Å². The van der Waals surface area contributed by atoms with Gasteiger partial charge in [-0.25, -0.2) is 13.2 Å². The number of nitrogens with zero attached hydrogens (tertiary/aromatic N) is 2. The monoisotopic (exact) mass is 297 g/mol. The summed E-state index contributed by atoms with van der Waals surface area (Å²) in [6, 6.07) is 3.33. The summed E-state index contributed by atoms with van der Waals surface area (Å²) < 4.78 is 41.6. The van der Waals surface area contributed by atoms with E-state index in [1.165, 1.54) is 6.07 Å². The molecule has 0 saturated carbocycles. The Balaban J connectivity index is 2.16. The first-order valence-electron chi connectivity index (χ1n) is 6.87. The number of aromatic nitrogens is 2. The van der Waals surface area contributed by atoms with Gasteiger partial charge in [0.15, 0.2) is 17.5 Å². The van der Waals surface area contributed by atoms with Gasteiger partial charge in [0.25, 0.3) is 0 Å². The Morgan fingerprint density at radius 2 is 1.90 bits per heavy atom. The van der Waals surface area contributed by atoms with Gasteiger partial charge in [-0.2, -0.15) is 5.10 Å². The minimum absolute atomic E-state index is 0.0491. The molecule has 2 unspecified atom stereocenters. The molecule has 21 heavy (non-hydrogen) atoms. The van der Waals surface area contributed by atoms with Gasteiger partial charge in [-0.1, -0.05) is 13.0 Å². The van der Waals surface area contributed by atoms with E-state index in [4.69, 9.17) is 5.73 Å². The first-order valence-corrected chi connectivity index (χ1v) is 6.87. The second-order valence-electron chi connectivity index (χ2n) is 5.12. The molecule has 0 aliphatic carbocycles. The molecular formula is C15H18F3N3. The average molecular weight is 297 g/mol. The van der Waals surface area contributed by atoms with Crippen LogP contribution in [0.5, 0.6) is 0 Å². The third-order valence-corrected chi connectivity index (χ3v) is 3.60. The Bertz CT molecular complexity index is 625. The molecule has 2 rings (SSSR count). The highest BCUT2D eigenvalue weighted by atomic mass is 19.2. The highest BCUT2D eigenvalue weighted by Crippen LogP contribution is 2.22. The molecule has 0 amide bonds. The molecule has 0 fully saturated rings. The predicted molar refractivity (Wildman–Crippen MR) is 74.2 cm³/mol. The molecule has 6 heteroatoms. The highest BCUT2D eigenvalue weighted by Gasteiger charge is 2.19. The molecule has 2 N–H and O–H groups in total. The summed E-state index contributed by atoms with van der Waals surface area (Å²) in [5, 5.41) is 4.36. The maximum absolute atomic E-state index is 13.7. The van der Waals surface area contributed by atoms with Crippen LogP contribution in [-0.4, -0.2) is 9.78 Å². The topological polar surface area (TPSA) is 43.8 Å². The Hall–Kier alpha value is -1.82. The van der Waals surface area contributed by atoms with E-state index >= 15 is 0 Å². The van der Waals surface area contributed by atoms with Gasteiger partial charge in [-0.05, 0) is 25.5 Å². The van der Waals surface area contributed by atoms with Crippen molar-refractivity contribution in [2.24, 2.45) is 5.73 Å². The Kier molecular flexibility index (Phi) is 4.67. The Morgan fingerprint density at radius 3 is 2.57 bits per heavy atom. The van der Waals surface area contributed by atoms with E-state index in [9.17, 15) is 13.2 Å². The maximum Gasteiger partial charge on any atom is 0.194 e. The summed E-state index contributed by atoms with van der Waals surface area (Å²) in [4.78, 5) is 0. The number of halogens is 3. The lowest BCUT2D eigenvalue weighted by Gasteiger charge is -2.13. The lowest BCUT2D eigenvalue weighted by Crippen LogP contribution is -2.17. The minimum Gasteiger partial charge on any atom is -0.324 e. The summed E-state index contributed by atoms with van der Waals surface area (Å²) in [5.74, 6) is -3.94. The third kappa shape index (κ3) is 3.26. The normalized spacial score (nSPS) is 14.2. The van der Waals surface area contributed by atoms with Gasteiger partial charge in [0.1, 0.15) is 0 Å². The zero-order valence-electron chi connectivity index (χ0n) is 12.0. The second kappa shape index (κ2) is 6.30. The minimum atomic E-state index is -1.49. The van der Waals surface area contributed by atoms with Gasteiger partial charge < -0.3 is 5.73 Å². The van der Waals surface area contributed by atoms with Crippen LogP contribution in [0, 0.1) is 17.5 Å². The van der Waals surface area contributed by atoms with Crippen molar-refractivity contribution in [2.75, 3.05) is 0 Å². The number of hydrogen-bond donors (Lipinski definition) is 1. The first-order chi connectivity index (χ1) is 9.93. The van der Waals surface area contributed by atoms with E-state index in [0.29, 0.717) is 5.69 Å². The van der Waals surface area contributed by atoms with Crippen LogP contribution in [0.3, 0.4) is 0 Å². The zero-order valence-corrected chi connectivity index (χ0v) is 12.0. The van der Waals surface area contributed by atoms with Crippen LogP contribution in [0.4, 0.5) is 13.2 Å². The van der Waals surface area contributed by atoms with E-state index in [2.05, 4.69) is 12.0 Å². The van der Waals surface area contributed by atoms with Gasteiger partial charge in [0.2, 0.25) is 0 Å². The molecule has 0 bridgehead atoms. The molecule has 2 aromatic rings. The molecule has 2 atom stereocenters. The fourth-order valence-corrected chi connectivity index (χ4v) is 2.08. The molecule has 1 heterocycles. The fourth-order valence-electron chi connectivity index (χ4n) is 2.08. The molecule has 0 aliphatic heterocycles. The SMILES string of the molecule is CCC(C)n1ccc(CC(N)c2ccc(F)c(F)c2F)n1. The lowest BCUT2D eigenvalue weighted by molar-refractivity contribution is 0.434. The van der Waals surface area contributed by atoms with E-state index in [-0.39, 0.29) is 18.0 Å². The van der Waals surface area contributed by atoms with Crippen molar-refractivity contribution < 1.29 is 13.2 Å². The van der Waals surface area contributed by atoms with Crippen LogP contribution < -0.4 is 5.73 Å². The molecule has 114 valence electrons. The molecule has 0 aliphatic rings. The van der Waals surface area contributed by atoms with Crippen molar-refractivity contribution in [1.29, 1.82) is 0 Å². The molecule has 0 radical (unpaired) electrons. The highest BCUT2D eigenvalue weighted by molar-refractivity contribution is 5.24. The summed E-state index contributed by atoms with van der Waals surface area (Å²) >= 11 is 0. The standard InChI is InChI=1S/C15H18F3N3/c1-3-9(2)21-7-6-10(20-21)8-13(19)11-4-5-12(16)15(18)14(11)17/h4-7,9,13H,3,8,19H2,1-2H3. The molecule has 1 aromatic carbocycles. The van der Waals surface area contributed by atoms with E-state index < -0.39 is 23.5 Å². The van der Waals surface area contributed by atoms with Crippen LogP contribution in [0.15, 0.2) is 24.4 Å². The van der Waals surface area contributed by atoms with Crippen LogP contribution in [-0.2, 0) is 6.42 Å². The molecular weight excluding hydrogens is 279 g/mol. The summed E-state index contributed by atoms with van der Waals surface area (Å²) in [6.07, 6.45) is 3.02. The number of rotatable bonds is 5. The first kappa shape index (κ1) is 15.6. The van der Waals surface area contributed by atoms with E-state index in [1.807, 2.05) is 17.8 Å². The van der Waals surface area contributed by atoms with Crippen LogP contribution >= 0.6 is 0 Å². The number of benzene rings is 1. The molecule has 0 spiro atoms. The summed E-state index contributed by atoms with van der Waals surface area (Å²) in [5.41, 5.74) is 6.52. The largest absolute Gasteiger partial charge is 0.324 e. The zero-order chi connectivity index (χ0) is 15.6. The maximum atomic E-state index is 13.7. The third-order valence-electron chi connectivity index (χ3n) is 3.60. The molecule has 0 saturated heterocycles. The van der Waals surface area contributed by atoms with Crippen LogP contribution in [0.25, 0.3) is 0 Å². The van der Waals surface area contributed by atoms with Crippen LogP contribution in [0.2, 0.25) is 0 Å². The fraction of sp³-hybridized carbons (Fsp3) is 0.400. The van der Waals surface area contributed by atoms with E-state index in [1.54, 1.807) is 6.07 Å². The average Bonchev–Trinajstić information content (AvgIpc) is 2.92. The quantitative estimate of drug-likeness (QED) is 0.858. The van der Waals surface area contributed by atoms with Crippen molar-refractivity contribution in [3.05, 3.63) is 53.1 Å². The number of hydrogen-bond acceptors (Lipinski definition) is 2. The van der Waals surface area contributed by atoms with Crippen molar-refractivity contribution in [3.63, 3.8) is 0 Å². The van der Waals surface area contributed by atoms with E-state index in [0.717, 1.165) is 12.5 Å². The van der Waals surface area contributed by atoms with Gasteiger partial charge in [0, 0.05) is 30.3 Å². The second-order valence-corrected chi connectivity index (χ2v) is 5.12. The van der Waals surface area contributed by atoms with Crippen LogP contribution in [0.1, 0.15) is 43.6 Å². The lowest BCUT2D eigenvalue weighted by atomic mass is 10.0. The molecule has 3 nitrogen and oxygen atoms in total. The Morgan fingerprint density at radius 1 is 1.19 bits per heavy atom. The Labute approximate surface area is 121 Å².